The van der Waals surface area contributed by atoms with E-state index in [4.69, 9.17) is 0 Å². The Bertz CT molecular complexity index is 733. The normalized spacial score (nSPS) is 16.1. The molecule has 1 atom stereocenters. The Morgan fingerprint density at radius 3 is 3.10 bits per heavy atom. The van der Waals surface area contributed by atoms with Gasteiger partial charge in [-0.15, -0.1) is 23.1 Å². The summed E-state index contributed by atoms with van der Waals surface area (Å²) in [4.78, 5) is 29.1. The molecule has 21 heavy (non-hydrogen) atoms. The van der Waals surface area contributed by atoms with Gasteiger partial charge in [0.2, 0.25) is 5.91 Å². The van der Waals surface area contributed by atoms with Crippen LogP contribution in [0.3, 0.4) is 0 Å². The molecule has 0 spiro atoms. The molecule has 2 heterocycles. The molecule has 3 rings (SSSR count). The van der Waals surface area contributed by atoms with Crippen molar-refractivity contribution in [2.75, 3.05) is 0 Å². The van der Waals surface area contributed by atoms with E-state index in [0.717, 1.165) is 24.2 Å². The Morgan fingerprint density at radius 2 is 2.38 bits per heavy atom. The Labute approximate surface area is 130 Å². The fourth-order valence-corrected chi connectivity index (χ4v) is 3.69. The zero-order valence-corrected chi connectivity index (χ0v) is 13.6. The summed E-state index contributed by atoms with van der Waals surface area (Å²) in [7, 11) is 0. The lowest BCUT2D eigenvalue weighted by molar-refractivity contribution is -0.120. The molecule has 2 aromatic rings. The fraction of sp³-hybridized carbons (Fsp3) is 0.500. The summed E-state index contributed by atoms with van der Waals surface area (Å²) >= 11 is 2.98. The highest BCUT2D eigenvalue weighted by Crippen LogP contribution is 2.22. The summed E-state index contributed by atoms with van der Waals surface area (Å²) in [5.74, 6) is 0.648. The van der Waals surface area contributed by atoms with E-state index in [2.05, 4.69) is 10.3 Å². The van der Waals surface area contributed by atoms with Gasteiger partial charge in [-0.25, -0.2) is 4.98 Å². The smallest absolute Gasteiger partial charge is 0.258 e. The lowest BCUT2D eigenvalue weighted by Gasteiger charge is -2.11. The summed E-state index contributed by atoms with van der Waals surface area (Å²) in [5, 5.41) is 4.78. The number of carbonyl (C=O) groups excluding carboxylic acids is 1. The van der Waals surface area contributed by atoms with Gasteiger partial charge in [0.15, 0.2) is 4.96 Å². The maximum Gasteiger partial charge on any atom is 0.258 e. The summed E-state index contributed by atoms with van der Waals surface area (Å²) < 4.78 is 1.61. The van der Waals surface area contributed by atoms with Crippen molar-refractivity contribution in [2.24, 2.45) is 0 Å². The van der Waals surface area contributed by atoms with Crippen LogP contribution in [0.2, 0.25) is 0 Å². The second-order valence-corrected chi connectivity index (χ2v) is 7.48. The highest BCUT2D eigenvalue weighted by atomic mass is 32.2. The molecule has 0 saturated heterocycles. The quantitative estimate of drug-likeness (QED) is 0.914. The van der Waals surface area contributed by atoms with Crippen LogP contribution in [-0.2, 0) is 10.5 Å². The minimum atomic E-state index is -0.129. The molecule has 1 N–H and O–H groups in total. The number of fused-ring (bicyclic) bond motifs is 1. The van der Waals surface area contributed by atoms with Crippen molar-refractivity contribution in [3.63, 3.8) is 0 Å². The molecule has 1 amide bonds. The van der Waals surface area contributed by atoms with Crippen LogP contribution >= 0.6 is 23.1 Å². The lowest BCUT2D eigenvalue weighted by atomic mass is 10.4. The third-order valence-electron chi connectivity index (χ3n) is 3.40. The maximum absolute atomic E-state index is 12.1. The lowest BCUT2D eigenvalue weighted by Crippen LogP contribution is -2.32. The average Bonchev–Trinajstić information content (AvgIpc) is 3.18. The van der Waals surface area contributed by atoms with Crippen LogP contribution in [0.25, 0.3) is 4.96 Å². The molecule has 5 nitrogen and oxygen atoms in total. The number of thioether (sulfide) groups is 1. The van der Waals surface area contributed by atoms with Crippen LogP contribution in [0, 0.1) is 6.92 Å². The largest absolute Gasteiger partial charge is 0.352 e. The topological polar surface area (TPSA) is 63.5 Å². The van der Waals surface area contributed by atoms with Crippen molar-refractivity contribution in [1.82, 2.24) is 14.7 Å². The van der Waals surface area contributed by atoms with E-state index in [1.807, 2.05) is 19.2 Å². The Kier molecular flexibility index (Phi) is 4.03. The SMILES string of the molecule is Cc1csc2nc(CS[C@H](C)C(=O)NC3CC3)cc(=O)n12. The summed E-state index contributed by atoms with van der Waals surface area (Å²) in [6.45, 7) is 3.79. The minimum Gasteiger partial charge on any atom is -0.352 e. The fourth-order valence-electron chi connectivity index (χ4n) is 2.01. The molecule has 1 fully saturated rings. The first-order valence-electron chi connectivity index (χ1n) is 6.93. The first kappa shape index (κ1) is 14.6. The third-order valence-corrected chi connectivity index (χ3v) is 5.52. The standard InChI is InChI=1S/C14H17N3O2S2/c1-8-6-21-14-16-11(5-12(18)17(8)14)7-20-9(2)13(19)15-10-3-4-10/h5-6,9-10H,3-4,7H2,1-2H3,(H,15,19)/t9-/m1/s1. The summed E-state index contributed by atoms with van der Waals surface area (Å²) in [6.07, 6.45) is 2.19. The van der Waals surface area contributed by atoms with Gasteiger partial charge in [-0.05, 0) is 26.7 Å². The summed E-state index contributed by atoms with van der Waals surface area (Å²) in [5.41, 5.74) is 1.59. The molecule has 7 heteroatoms. The van der Waals surface area contributed by atoms with Crippen molar-refractivity contribution in [2.45, 2.75) is 43.7 Å². The second kappa shape index (κ2) is 5.81. The van der Waals surface area contributed by atoms with Gasteiger partial charge in [-0.1, -0.05) is 0 Å². The summed E-state index contributed by atoms with van der Waals surface area (Å²) in [6, 6.07) is 1.94. The Hall–Kier alpha value is -1.34. The van der Waals surface area contributed by atoms with Crippen LogP contribution in [0.1, 0.15) is 31.2 Å². The number of hydrogen-bond donors (Lipinski definition) is 1. The number of carbonyl (C=O) groups is 1. The highest BCUT2D eigenvalue weighted by Gasteiger charge is 2.25. The van der Waals surface area contributed by atoms with Gasteiger partial charge in [0.1, 0.15) is 0 Å². The molecule has 1 aliphatic carbocycles. The highest BCUT2D eigenvalue weighted by molar-refractivity contribution is 7.99. The van der Waals surface area contributed by atoms with Gasteiger partial charge < -0.3 is 5.32 Å². The van der Waals surface area contributed by atoms with Gasteiger partial charge in [-0.2, -0.15) is 0 Å². The Balaban J connectivity index is 1.67. The van der Waals surface area contributed by atoms with Crippen molar-refractivity contribution in [3.05, 3.63) is 33.2 Å². The van der Waals surface area contributed by atoms with Gasteiger partial charge in [-0.3, -0.25) is 14.0 Å². The van der Waals surface area contributed by atoms with Crippen LogP contribution in [0.4, 0.5) is 0 Å². The maximum atomic E-state index is 12.1. The van der Waals surface area contributed by atoms with Crippen LogP contribution in [0.5, 0.6) is 0 Å². The number of hydrogen-bond acceptors (Lipinski definition) is 5. The molecular formula is C14H17N3O2S2. The van der Waals surface area contributed by atoms with Crippen LogP contribution in [-0.4, -0.2) is 26.6 Å². The van der Waals surface area contributed by atoms with Gasteiger partial charge >= 0.3 is 0 Å². The van der Waals surface area contributed by atoms with Crippen molar-refractivity contribution in [3.8, 4) is 0 Å². The van der Waals surface area contributed by atoms with Crippen LogP contribution in [0.15, 0.2) is 16.2 Å². The van der Waals surface area contributed by atoms with E-state index < -0.39 is 0 Å². The number of aromatic nitrogens is 2. The van der Waals surface area contributed by atoms with Crippen LogP contribution < -0.4 is 10.9 Å². The molecule has 1 aliphatic rings. The van der Waals surface area contributed by atoms with E-state index in [-0.39, 0.29) is 16.7 Å². The van der Waals surface area contributed by atoms with Crippen molar-refractivity contribution < 1.29 is 4.79 Å². The molecule has 0 aromatic carbocycles. The zero-order valence-electron chi connectivity index (χ0n) is 12.0. The predicted octanol–water partition coefficient (Wildman–Crippen LogP) is 1.96. The number of thiazole rings is 1. The zero-order chi connectivity index (χ0) is 15.0. The second-order valence-electron chi connectivity index (χ2n) is 5.32. The molecule has 1 saturated carbocycles. The first-order valence-corrected chi connectivity index (χ1v) is 8.86. The number of nitrogens with one attached hydrogen (secondary N) is 1. The first-order chi connectivity index (χ1) is 10.0. The molecule has 0 unspecified atom stereocenters. The molecule has 2 aromatic heterocycles. The predicted molar refractivity (Wildman–Crippen MR) is 86.0 cm³/mol. The molecule has 0 aliphatic heterocycles. The van der Waals surface area contributed by atoms with Gasteiger partial charge in [0.05, 0.1) is 10.9 Å². The monoisotopic (exact) mass is 323 g/mol. The van der Waals surface area contributed by atoms with E-state index in [9.17, 15) is 9.59 Å². The average molecular weight is 323 g/mol. The van der Waals surface area contributed by atoms with Gasteiger partial charge in [0.25, 0.3) is 5.56 Å². The van der Waals surface area contributed by atoms with E-state index in [1.54, 1.807) is 10.5 Å². The van der Waals surface area contributed by atoms with E-state index >= 15 is 0 Å². The van der Waals surface area contributed by atoms with E-state index in [0.29, 0.717) is 16.8 Å². The minimum absolute atomic E-state index is 0.0514. The van der Waals surface area contributed by atoms with E-state index in [1.165, 1.54) is 23.1 Å². The van der Waals surface area contributed by atoms with Crippen molar-refractivity contribution in [1.29, 1.82) is 0 Å². The Morgan fingerprint density at radius 1 is 1.62 bits per heavy atom. The van der Waals surface area contributed by atoms with Gasteiger partial charge in [0, 0.05) is 28.9 Å². The molecule has 112 valence electrons. The third kappa shape index (κ3) is 3.29. The number of amides is 1. The molecule has 0 bridgehead atoms. The number of rotatable bonds is 5. The number of aryl methyl sites for hydroxylation is 1. The molecular weight excluding hydrogens is 306 g/mol. The van der Waals surface area contributed by atoms with Crippen molar-refractivity contribution >= 4 is 34.0 Å². The number of nitrogens with zero attached hydrogens (tertiary/aromatic N) is 2. The molecule has 0 radical (unpaired) electrons.